The maximum absolute atomic E-state index is 10.2. The van der Waals surface area contributed by atoms with Gasteiger partial charge in [0.2, 0.25) is 0 Å². The highest BCUT2D eigenvalue weighted by molar-refractivity contribution is 7.72. The minimum absolute atomic E-state index is 0.306. The summed E-state index contributed by atoms with van der Waals surface area (Å²) in [5, 5.41) is 0. The molecular weight excluding hydrogens is 217 g/mol. The van der Waals surface area contributed by atoms with Gasteiger partial charge in [-0.15, -0.1) is 0 Å². The molecule has 0 aromatic rings. The van der Waals surface area contributed by atoms with Crippen LogP contribution in [0.4, 0.5) is 0 Å². The summed E-state index contributed by atoms with van der Waals surface area (Å²) in [4.78, 5) is 30.5. The van der Waals surface area contributed by atoms with Crippen molar-refractivity contribution in [3.05, 3.63) is 0 Å². The molecule has 0 spiro atoms. The maximum atomic E-state index is 10.2. The number of unbranched alkanes of at least 4 members (excludes halogenated alkanes) is 2. The fourth-order valence-corrected chi connectivity index (χ4v) is 2.46. The van der Waals surface area contributed by atoms with Crippen LogP contribution in [-0.4, -0.2) is 24.4 Å². The molecule has 0 unspecified atom stereocenters. The normalized spacial score (nSPS) is 12.6. The maximum Gasteiger partial charge on any atom is 0.406 e. The predicted molar refractivity (Wildman–Crippen MR) is 55.7 cm³/mol. The molecule has 0 aliphatic heterocycles. The summed E-state index contributed by atoms with van der Waals surface area (Å²) in [6, 6.07) is 0. The zero-order chi connectivity index (χ0) is 11.6. The molecule has 7 heteroatoms. The molecule has 6 nitrogen and oxygen atoms in total. The summed E-state index contributed by atoms with van der Waals surface area (Å²) in [6.45, 7) is 2.00. The Labute approximate surface area is 87.7 Å². The summed E-state index contributed by atoms with van der Waals surface area (Å²) in [5.74, 6) is 0. The Morgan fingerprint density at radius 2 is 1.40 bits per heavy atom. The molecule has 0 N–H and O–H groups in total. The Balaban J connectivity index is 4.85. The average Bonchev–Trinajstić information content (AvgIpc) is 2.19. The Bertz CT molecular complexity index is 293. The zero-order valence-corrected chi connectivity index (χ0v) is 9.24. The number of rotatable bonds is 7. The molecule has 0 atom stereocenters. The molecule has 0 bridgehead atoms. The molecule has 0 aromatic carbocycles. The fraction of sp³-hybridized carbons (Fsp3) is 0.625. The van der Waals surface area contributed by atoms with Gasteiger partial charge in [-0.1, -0.05) is 13.3 Å². The van der Waals surface area contributed by atoms with Crippen molar-refractivity contribution in [3.8, 4) is 0 Å². The van der Waals surface area contributed by atoms with E-state index in [0.717, 1.165) is 12.8 Å². The van der Waals surface area contributed by atoms with Gasteiger partial charge in [0.1, 0.15) is 6.16 Å². The van der Waals surface area contributed by atoms with E-state index in [1.807, 2.05) is 6.92 Å². The first-order valence-electron chi connectivity index (χ1n) is 4.41. The van der Waals surface area contributed by atoms with Crippen molar-refractivity contribution in [2.45, 2.75) is 26.2 Å². The molecule has 0 aliphatic rings. The van der Waals surface area contributed by atoms with E-state index in [9.17, 15) is 14.4 Å². The summed E-state index contributed by atoms with van der Waals surface area (Å²) < 4.78 is 10.1. The Morgan fingerprint density at radius 1 is 0.933 bits per heavy atom. The number of carbonyl (C=O) groups excluding carboxylic acids is 3. The van der Waals surface area contributed by atoms with Crippen molar-refractivity contribution in [2.24, 2.45) is 14.3 Å². The van der Waals surface area contributed by atoms with E-state index >= 15 is 0 Å². The third-order valence-corrected chi connectivity index (χ3v) is 3.79. The molecule has 0 amide bonds. The van der Waals surface area contributed by atoms with Gasteiger partial charge in [0.15, 0.2) is 0 Å². The van der Waals surface area contributed by atoms with Gasteiger partial charge in [-0.05, 0) is 12.8 Å². The van der Waals surface area contributed by atoms with Crippen molar-refractivity contribution in [1.82, 2.24) is 0 Å². The fourth-order valence-electron chi connectivity index (χ4n) is 0.987. The first kappa shape index (κ1) is 13.6. The monoisotopic (exact) mass is 228 g/mol. The number of hydrogen-bond acceptors (Lipinski definition) is 6. The molecule has 0 saturated heterocycles. The van der Waals surface area contributed by atoms with Crippen LogP contribution in [0.5, 0.6) is 0 Å². The molecule has 0 aliphatic carbocycles. The molecule has 80 valence electrons. The van der Waals surface area contributed by atoms with E-state index in [-0.39, 0.29) is 0 Å². The van der Waals surface area contributed by atoms with Crippen LogP contribution in [0.1, 0.15) is 26.2 Å². The molecule has 15 heavy (non-hydrogen) atoms. The summed E-state index contributed by atoms with van der Waals surface area (Å²) in [7, 11) is -2.92. The topological polar surface area (TPSA) is 88.3 Å². The molecule has 0 heterocycles. The second kappa shape index (κ2) is 7.93. The van der Waals surface area contributed by atoms with Crippen LogP contribution in [-0.2, 0) is 14.4 Å². The lowest BCUT2D eigenvalue weighted by Crippen LogP contribution is -1.91. The van der Waals surface area contributed by atoms with E-state index < -0.39 is 7.71 Å². The average molecular weight is 228 g/mol. The first-order valence-corrected chi connectivity index (χ1v) is 6.24. The van der Waals surface area contributed by atoms with Gasteiger partial charge in [0.25, 0.3) is 18.2 Å². The predicted octanol–water partition coefficient (Wildman–Crippen LogP) is 1.95. The van der Waals surface area contributed by atoms with Crippen LogP contribution in [0, 0.1) is 0 Å². The molecular formula is C8H11N3O3P+. The lowest BCUT2D eigenvalue weighted by atomic mass is 10.3. The van der Waals surface area contributed by atoms with E-state index in [1.165, 1.54) is 18.2 Å². The van der Waals surface area contributed by atoms with E-state index in [1.54, 1.807) is 0 Å². The molecule has 0 aromatic heterocycles. The van der Waals surface area contributed by atoms with Crippen molar-refractivity contribution in [1.29, 1.82) is 0 Å². The largest absolute Gasteiger partial charge is 0.406 e. The quantitative estimate of drug-likeness (QED) is 0.288. The Hall–Kier alpha value is -1.43. The second-order valence-corrected chi connectivity index (χ2v) is 5.13. The number of isocyanates is 3. The van der Waals surface area contributed by atoms with Gasteiger partial charge in [0, 0.05) is 14.3 Å². The molecule has 0 saturated carbocycles. The van der Waals surface area contributed by atoms with E-state index in [0.29, 0.717) is 12.6 Å². The summed E-state index contributed by atoms with van der Waals surface area (Å²) >= 11 is 0. The van der Waals surface area contributed by atoms with Crippen LogP contribution >= 0.6 is 7.71 Å². The lowest BCUT2D eigenvalue weighted by molar-refractivity contribution is 0.565. The highest BCUT2D eigenvalue weighted by Gasteiger charge is 2.40. The van der Waals surface area contributed by atoms with Gasteiger partial charge >= 0.3 is 7.71 Å². The van der Waals surface area contributed by atoms with Gasteiger partial charge in [0.05, 0.1) is 0 Å². The van der Waals surface area contributed by atoms with Crippen molar-refractivity contribution >= 4 is 26.0 Å². The van der Waals surface area contributed by atoms with Crippen LogP contribution in [0.2, 0.25) is 0 Å². The lowest BCUT2D eigenvalue weighted by Gasteiger charge is -2.02. The minimum atomic E-state index is -2.92. The third-order valence-electron chi connectivity index (χ3n) is 1.66. The first-order chi connectivity index (χ1) is 7.24. The molecule has 0 radical (unpaired) electrons. The van der Waals surface area contributed by atoms with Crippen LogP contribution in [0.15, 0.2) is 14.3 Å². The third kappa shape index (κ3) is 5.11. The Morgan fingerprint density at radius 3 is 1.73 bits per heavy atom. The summed E-state index contributed by atoms with van der Waals surface area (Å²) in [5.41, 5.74) is 0. The van der Waals surface area contributed by atoms with Crippen LogP contribution < -0.4 is 0 Å². The number of hydrogen-bond donors (Lipinski definition) is 0. The van der Waals surface area contributed by atoms with Gasteiger partial charge < -0.3 is 0 Å². The van der Waals surface area contributed by atoms with E-state index in [2.05, 4.69) is 14.3 Å². The van der Waals surface area contributed by atoms with Gasteiger partial charge in [-0.2, -0.15) is 0 Å². The van der Waals surface area contributed by atoms with Crippen LogP contribution in [0.3, 0.4) is 0 Å². The van der Waals surface area contributed by atoms with Crippen molar-refractivity contribution in [2.75, 3.05) is 6.16 Å². The second-order valence-electron chi connectivity index (χ2n) is 2.70. The summed E-state index contributed by atoms with van der Waals surface area (Å²) in [6.07, 6.45) is 6.69. The standard InChI is InChI=1S/C8H11N3O3P/c1-2-3-4-5-15(9-6-12,10-7-13)11-8-14/h2-5H2,1H3/q+1. The van der Waals surface area contributed by atoms with Gasteiger partial charge in [-0.25, -0.2) is 14.4 Å². The van der Waals surface area contributed by atoms with Crippen molar-refractivity contribution < 1.29 is 14.4 Å². The smallest absolute Gasteiger partial charge is 0.208 e. The SMILES string of the molecule is CCCCC[P+](N=C=O)(N=C=O)N=C=O. The highest BCUT2D eigenvalue weighted by Crippen LogP contribution is 2.63. The zero-order valence-electron chi connectivity index (χ0n) is 8.34. The minimum Gasteiger partial charge on any atom is -0.208 e. The number of nitrogens with zero attached hydrogens (tertiary/aromatic N) is 3. The van der Waals surface area contributed by atoms with E-state index in [4.69, 9.17) is 0 Å². The van der Waals surface area contributed by atoms with Gasteiger partial charge in [-0.3, -0.25) is 0 Å². The van der Waals surface area contributed by atoms with Crippen LogP contribution in [0.25, 0.3) is 0 Å². The van der Waals surface area contributed by atoms with Crippen molar-refractivity contribution in [3.63, 3.8) is 0 Å². The Kier molecular flexibility index (Phi) is 7.17. The highest BCUT2D eigenvalue weighted by atomic mass is 31.2. The molecule has 0 rings (SSSR count). The molecule has 0 fully saturated rings.